The Labute approximate surface area is 125 Å². The summed E-state index contributed by atoms with van der Waals surface area (Å²) in [5.41, 5.74) is -1.96. The van der Waals surface area contributed by atoms with E-state index >= 15 is 0 Å². The highest BCUT2D eigenvalue weighted by Crippen LogP contribution is 2.42. The third kappa shape index (κ3) is 3.19. The first-order valence-corrected chi connectivity index (χ1v) is 7.29. The Morgan fingerprint density at radius 1 is 1.29 bits per heavy atom. The van der Waals surface area contributed by atoms with Crippen LogP contribution < -0.4 is 5.32 Å². The lowest BCUT2D eigenvalue weighted by molar-refractivity contribution is -0.167. The number of ether oxygens (including phenoxy) is 2. The summed E-state index contributed by atoms with van der Waals surface area (Å²) in [5.74, 6) is -1.25. The van der Waals surface area contributed by atoms with Gasteiger partial charge in [0.1, 0.15) is 5.41 Å². The standard InChI is InChI=1S/C15H25NO5/c1-6-21-13(19)15(8-7-9-15)11(17)16-10(2)14(3,4)12(18)20-5/h10H,6-9H2,1-5H3,(H,16,17)/t10-/m1/s1. The molecule has 1 rings (SSSR count). The molecule has 1 atom stereocenters. The summed E-state index contributed by atoms with van der Waals surface area (Å²) in [6.07, 6.45) is 1.80. The van der Waals surface area contributed by atoms with Crippen LogP contribution in [0.4, 0.5) is 0 Å². The average molecular weight is 299 g/mol. The Kier molecular flexibility index (Phi) is 5.36. The lowest BCUT2D eigenvalue weighted by Crippen LogP contribution is -2.57. The van der Waals surface area contributed by atoms with Crippen molar-refractivity contribution in [1.82, 2.24) is 5.32 Å². The van der Waals surface area contributed by atoms with Gasteiger partial charge in [0.25, 0.3) is 0 Å². The predicted molar refractivity (Wildman–Crippen MR) is 76.3 cm³/mol. The van der Waals surface area contributed by atoms with Gasteiger partial charge >= 0.3 is 11.9 Å². The topological polar surface area (TPSA) is 81.7 Å². The van der Waals surface area contributed by atoms with E-state index in [0.717, 1.165) is 6.42 Å². The van der Waals surface area contributed by atoms with Gasteiger partial charge in [0.2, 0.25) is 5.91 Å². The van der Waals surface area contributed by atoms with Gasteiger partial charge in [-0.15, -0.1) is 0 Å². The highest BCUT2D eigenvalue weighted by atomic mass is 16.5. The van der Waals surface area contributed by atoms with Gasteiger partial charge in [-0.1, -0.05) is 6.42 Å². The van der Waals surface area contributed by atoms with Gasteiger partial charge in [-0.3, -0.25) is 14.4 Å². The summed E-state index contributed by atoms with van der Waals surface area (Å²) in [5, 5.41) is 2.78. The molecule has 0 aromatic heterocycles. The molecule has 1 N–H and O–H groups in total. The molecule has 0 saturated heterocycles. The summed E-state index contributed by atoms with van der Waals surface area (Å²) in [6.45, 7) is 7.08. The number of rotatable bonds is 6. The van der Waals surface area contributed by atoms with Crippen molar-refractivity contribution in [3.05, 3.63) is 0 Å². The minimum absolute atomic E-state index is 0.247. The first-order valence-electron chi connectivity index (χ1n) is 7.29. The first kappa shape index (κ1) is 17.5. The molecule has 0 radical (unpaired) electrons. The molecular formula is C15H25NO5. The molecule has 0 aliphatic heterocycles. The Morgan fingerprint density at radius 2 is 1.86 bits per heavy atom. The highest BCUT2D eigenvalue weighted by molar-refractivity contribution is 6.03. The lowest BCUT2D eigenvalue weighted by Gasteiger charge is -2.39. The number of amides is 1. The smallest absolute Gasteiger partial charge is 0.321 e. The van der Waals surface area contributed by atoms with Crippen LogP contribution in [0.5, 0.6) is 0 Å². The van der Waals surface area contributed by atoms with Crippen molar-refractivity contribution in [3.8, 4) is 0 Å². The van der Waals surface area contributed by atoms with Crippen molar-refractivity contribution in [2.45, 2.75) is 53.0 Å². The molecule has 1 amide bonds. The lowest BCUT2D eigenvalue weighted by atomic mass is 9.67. The SMILES string of the molecule is CCOC(=O)C1(C(=O)N[C@H](C)C(C)(C)C(=O)OC)CCC1. The third-order valence-electron chi connectivity index (χ3n) is 4.45. The number of esters is 2. The van der Waals surface area contributed by atoms with Crippen LogP contribution in [0.2, 0.25) is 0 Å². The number of hydrogen-bond acceptors (Lipinski definition) is 5. The summed E-state index contributed by atoms with van der Waals surface area (Å²) in [6, 6.07) is -0.454. The number of methoxy groups -OCH3 is 1. The van der Waals surface area contributed by atoms with Crippen LogP contribution in [0, 0.1) is 10.8 Å². The van der Waals surface area contributed by atoms with Crippen molar-refractivity contribution in [1.29, 1.82) is 0 Å². The van der Waals surface area contributed by atoms with E-state index in [2.05, 4.69) is 5.32 Å². The third-order valence-corrected chi connectivity index (χ3v) is 4.45. The number of nitrogens with one attached hydrogen (secondary N) is 1. The highest BCUT2D eigenvalue weighted by Gasteiger charge is 2.53. The molecule has 1 aliphatic carbocycles. The number of hydrogen-bond donors (Lipinski definition) is 1. The van der Waals surface area contributed by atoms with E-state index < -0.39 is 28.8 Å². The maximum absolute atomic E-state index is 12.5. The zero-order valence-corrected chi connectivity index (χ0v) is 13.4. The van der Waals surface area contributed by atoms with Crippen molar-refractivity contribution in [3.63, 3.8) is 0 Å². The van der Waals surface area contributed by atoms with Crippen molar-refractivity contribution >= 4 is 17.8 Å². The van der Waals surface area contributed by atoms with Gasteiger partial charge < -0.3 is 14.8 Å². The van der Waals surface area contributed by atoms with Gasteiger partial charge in [-0.25, -0.2) is 0 Å². The van der Waals surface area contributed by atoms with Crippen molar-refractivity contribution < 1.29 is 23.9 Å². The Morgan fingerprint density at radius 3 is 2.24 bits per heavy atom. The maximum atomic E-state index is 12.5. The van der Waals surface area contributed by atoms with E-state index in [9.17, 15) is 14.4 Å². The van der Waals surface area contributed by atoms with Crippen LogP contribution in [0.15, 0.2) is 0 Å². The van der Waals surface area contributed by atoms with E-state index in [-0.39, 0.29) is 12.5 Å². The molecule has 21 heavy (non-hydrogen) atoms. The second kappa shape index (κ2) is 6.45. The molecule has 1 aliphatic rings. The summed E-state index contributed by atoms with van der Waals surface area (Å²) in [7, 11) is 1.31. The zero-order chi connectivity index (χ0) is 16.3. The minimum Gasteiger partial charge on any atom is -0.469 e. The molecule has 0 aromatic rings. The number of carbonyl (C=O) groups excluding carboxylic acids is 3. The molecule has 1 fully saturated rings. The maximum Gasteiger partial charge on any atom is 0.321 e. The number of carbonyl (C=O) groups is 3. The van der Waals surface area contributed by atoms with E-state index in [1.807, 2.05) is 0 Å². The molecule has 0 spiro atoms. The molecule has 0 unspecified atom stereocenters. The fourth-order valence-electron chi connectivity index (χ4n) is 2.28. The van der Waals surface area contributed by atoms with Crippen LogP contribution >= 0.6 is 0 Å². The minimum atomic E-state index is -1.09. The molecule has 0 heterocycles. The normalized spacial score (nSPS) is 18.1. The summed E-state index contributed by atoms with van der Waals surface area (Å²) < 4.78 is 9.76. The fraction of sp³-hybridized carbons (Fsp3) is 0.800. The van der Waals surface area contributed by atoms with Gasteiger partial charge in [0, 0.05) is 6.04 Å². The molecule has 6 heteroatoms. The van der Waals surface area contributed by atoms with Gasteiger partial charge in [0.05, 0.1) is 19.1 Å². The van der Waals surface area contributed by atoms with Crippen molar-refractivity contribution in [2.75, 3.05) is 13.7 Å². The Bertz CT molecular complexity index is 426. The van der Waals surface area contributed by atoms with E-state index in [0.29, 0.717) is 12.8 Å². The molecule has 120 valence electrons. The van der Waals surface area contributed by atoms with Gasteiger partial charge in [-0.05, 0) is 40.5 Å². The largest absolute Gasteiger partial charge is 0.469 e. The molecule has 0 bridgehead atoms. The van der Waals surface area contributed by atoms with Crippen LogP contribution in [0.25, 0.3) is 0 Å². The molecule has 1 saturated carbocycles. The quantitative estimate of drug-likeness (QED) is 0.592. The summed E-state index contributed by atoms with van der Waals surface area (Å²) in [4.78, 5) is 36.3. The van der Waals surface area contributed by atoms with Crippen LogP contribution in [-0.2, 0) is 23.9 Å². The van der Waals surface area contributed by atoms with E-state index in [4.69, 9.17) is 9.47 Å². The Hall–Kier alpha value is -1.59. The summed E-state index contributed by atoms with van der Waals surface area (Å²) >= 11 is 0. The van der Waals surface area contributed by atoms with E-state index in [1.165, 1.54) is 7.11 Å². The molecular weight excluding hydrogens is 274 g/mol. The second-order valence-corrected chi connectivity index (χ2v) is 6.06. The van der Waals surface area contributed by atoms with Gasteiger partial charge in [0.15, 0.2) is 0 Å². The van der Waals surface area contributed by atoms with Crippen LogP contribution in [-0.4, -0.2) is 37.6 Å². The predicted octanol–water partition coefficient (Wildman–Crippen LogP) is 1.42. The van der Waals surface area contributed by atoms with Crippen molar-refractivity contribution in [2.24, 2.45) is 10.8 Å². The Balaban J connectivity index is 2.80. The monoisotopic (exact) mass is 299 g/mol. The molecule has 6 nitrogen and oxygen atoms in total. The van der Waals surface area contributed by atoms with Gasteiger partial charge in [-0.2, -0.15) is 0 Å². The molecule has 0 aromatic carbocycles. The van der Waals surface area contributed by atoms with Crippen LogP contribution in [0.3, 0.4) is 0 Å². The van der Waals surface area contributed by atoms with Crippen LogP contribution in [0.1, 0.15) is 47.0 Å². The fourth-order valence-corrected chi connectivity index (χ4v) is 2.28. The second-order valence-electron chi connectivity index (χ2n) is 6.06. The zero-order valence-electron chi connectivity index (χ0n) is 13.4. The average Bonchev–Trinajstić information content (AvgIpc) is 2.36. The van der Waals surface area contributed by atoms with E-state index in [1.54, 1.807) is 27.7 Å². The first-order chi connectivity index (χ1) is 9.72.